The van der Waals surface area contributed by atoms with Crippen LogP contribution in [0.2, 0.25) is 0 Å². The number of rotatable bonds is 5. The second-order valence-corrected chi connectivity index (χ2v) is 4.62. The number of benzene rings is 1. The van der Waals surface area contributed by atoms with Crippen molar-refractivity contribution in [1.82, 2.24) is 5.32 Å². The first-order chi connectivity index (χ1) is 7.19. The van der Waals surface area contributed by atoms with E-state index in [2.05, 4.69) is 52.9 Å². The molecule has 0 aliphatic rings. The summed E-state index contributed by atoms with van der Waals surface area (Å²) in [6.07, 6.45) is 4.11. The van der Waals surface area contributed by atoms with E-state index < -0.39 is 0 Å². The quantitative estimate of drug-likeness (QED) is 0.796. The van der Waals surface area contributed by atoms with Crippen LogP contribution in [-0.4, -0.2) is 7.05 Å². The lowest BCUT2D eigenvalue weighted by atomic mass is 9.98. The molecule has 1 aromatic rings. The number of aryl methyl sites for hydroxylation is 1. The predicted octanol–water partition coefficient (Wildman–Crippen LogP) is 3.98. The van der Waals surface area contributed by atoms with E-state index in [4.69, 9.17) is 0 Å². The molecule has 0 radical (unpaired) electrons. The van der Waals surface area contributed by atoms with Gasteiger partial charge < -0.3 is 5.32 Å². The zero-order chi connectivity index (χ0) is 11.3. The van der Waals surface area contributed by atoms with Crippen LogP contribution < -0.4 is 5.32 Å². The average Bonchev–Trinajstić information content (AvgIpc) is 2.21. The maximum absolute atomic E-state index is 3.76. The predicted molar refractivity (Wildman–Crippen MR) is 70.1 cm³/mol. The summed E-state index contributed by atoms with van der Waals surface area (Å²) in [5, 5.41) is 3.35. The molecule has 0 aliphatic carbocycles. The molecule has 0 amide bonds. The highest BCUT2D eigenvalue weighted by Crippen LogP contribution is 2.24. The van der Waals surface area contributed by atoms with Crippen LogP contribution in [0.4, 0.5) is 0 Å². The van der Waals surface area contributed by atoms with Crippen LogP contribution in [0.5, 0.6) is 0 Å². The van der Waals surface area contributed by atoms with Crippen LogP contribution in [0.25, 0.3) is 0 Å². The monoisotopic (exact) mass is 267 g/mol. The summed E-state index contributed by atoms with van der Waals surface area (Å²) in [4.78, 5) is 0. The van der Waals surface area contributed by atoms with E-state index in [1.165, 1.54) is 11.1 Å². The Morgan fingerprint density at radius 2 is 2.27 bits per heavy atom. The summed E-state index contributed by atoms with van der Waals surface area (Å²) >= 11 is 3.48. The zero-order valence-electron chi connectivity index (χ0n) is 9.39. The largest absolute Gasteiger partial charge is 0.313 e. The maximum atomic E-state index is 3.76. The van der Waals surface area contributed by atoms with Gasteiger partial charge in [-0.2, -0.15) is 0 Å². The minimum absolute atomic E-state index is 0.427. The number of hydrogen-bond acceptors (Lipinski definition) is 1. The van der Waals surface area contributed by atoms with Gasteiger partial charge in [0.25, 0.3) is 0 Å². The van der Waals surface area contributed by atoms with E-state index in [0.717, 1.165) is 17.3 Å². The van der Waals surface area contributed by atoms with E-state index in [1.807, 2.05) is 13.1 Å². The van der Waals surface area contributed by atoms with Crippen LogP contribution in [0, 0.1) is 6.92 Å². The topological polar surface area (TPSA) is 12.0 Å². The third-order valence-corrected chi connectivity index (χ3v) is 3.11. The molecule has 0 heterocycles. The molecule has 1 N–H and O–H groups in total. The number of nitrogens with one attached hydrogen (secondary N) is 1. The Kier molecular flexibility index (Phi) is 5.06. The first kappa shape index (κ1) is 12.5. The first-order valence-electron chi connectivity index (χ1n) is 5.23. The van der Waals surface area contributed by atoms with Gasteiger partial charge in [0.15, 0.2) is 0 Å². The summed E-state index contributed by atoms with van der Waals surface area (Å²) in [6, 6.07) is 6.87. The van der Waals surface area contributed by atoms with Gasteiger partial charge in [0.1, 0.15) is 0 Å². The lowest BCUT2D eigenvalue weighted by Crippen LogP contribution is -2.17. The Morgan fingerprint density at radius 3 is 2.80 bits per heavy atom. The standard InChI is InChI=1S/C13H18BrN/c1-4-5-6-13(15-3)12-8-7-11(14)9-10(12)2/h4,7-9,13,15H,1,5-6H2,2-3H3. The van der Waals surface area contributed by atoms with Crippen molar-refractivity contribution in [3.05, 3.63) is 46.5 Å². The van der Waals surface area contributed by atoms with Gasteiger partial charge in [-0.1, -0.05) is 28.1 Å². The minimum atomic E-state index is 0.427. The van der Waals surface area contributed by atoms with Gasteiger partial charge in [-0.3, -0.25) is 0 Å². The van der Waals surface area contributed by atoms with Crippen molar-refractivity contribution in [2.24, 2.45) is 0 Å². The third kappa shape index (κ3) is 3.47. The Hall–Kier alpha value is -0.600. The Balaban J connectivity index is 2.86. The molecule has 1 rings (SSSR count). The number of allylic oxidation sites excluding steroid dienone is 1. The van der Waals surface area contributed by atoms with Crippen molar-refractivity contribution in [1.29, 1.82) is 0 Å². The molecule has 82 valence electrons. The molecule has 15 heavy (non-hydrogen) atoms. The molecule has 1 nitrogen and oxygen atoms in total. The summed E-state index contributed by atoms with van der Waals surface area (Å²) < 4.78 is 1.14. The molecule has 0 bridgehead atoms. The fourth-order valence-corrected chi connectivity index (χ4v) is 2.25. The molecule has 0 saturated heterocycles. The van der Waals surface area contributed by atoms with Gasteiger partial charge in [0.05, 0.1) is 0 Å². The Bertz CT molecular complexity index is 333. The highest BCUT2D eigenvalue weighted by atomic mass is 79.9. The van der Waals surface area contributed by atoms with Gasteiger partial charge in [0, 0.05) is 10.5 Å². The highest BCUT2D eigenvalue weighted by Gasteiger charge is 2.10. The van der Waals surface area contributed by atoms with E-state index in [-0.39, 0.29) is 0 Å². The van der Waals surface area contributed by atoms with Crippen LogP contribution in [0.1, 0.15) is 30.0 Å². The second kappa shape index (κ2) is 6.09. The normalized spacial score (nSPS) is 12.5. The van der Waals surface area contributed by atoms with Crippen LogP contribution in [-0.2, 0) is 0 Å². The van der Waals surface area contributed by atoms with E-state index >= 15 is 0 Å². The first-order valence-corrected chi connectivity index (χ1v) is 6.02. The highest BCUT2D eigenvalue weighted by molar-refractivity contribution is 9.10. The summed E-state index contributed by atoms with van der Waals surface area (Å²) in [5.41, 5.74) is 2.70. The lowest BCUT2D eigenvalue weighted by Gasteiger charge is -2.18. The SMILES string of the molecule is C=CCCC(NC)c1ccc(Br)cc1C. The summed E-state index contributed by atoms with van der Waals surface area (Å²) in [7, 11) is 2.01. The molecular formula is C13H18BrN. The van der Waals surface area contributed by atoms with Crippen molar-refractivity contribution in [3.63, 3.8) is 0 Å². The fraction of sp³-hybridized carbons (Fsp3) is 0.385. The minimum Gasteiger partial charge on any atom is -0.313 e. The molecular weight excluding hydrogens is 250 g/mol. The molecule has 1 aromatic carbocycles. The fourth-order valence-electron chi connectivity index (χ4n) is 1.77. The van der Waals surface area contributed by atoms with Gasteiger partial charge in [-0.25, -0.2) is 0 Å². The molecule has 0 aliphatic heterocycles. The molecule has 0 saturated carbocycles. The smallest absolute Gasteiger partial charge is 0.0323 e. The molecule has 2 heteroatoms. The Morgan fingerprint density at radius 1 is 1.53 bits per heavy atom. The van der Waals surface area contributed by atoms with Crippen LogP contribution in [0.3, 0.4) is 0 Å². The van der Waals surface area contributed by atoms with Crippen molar-refractivity contribution in [3.8, 4) is 0 Å². The van der Waals surface area contributed by atoms with Crippen molar-refractivity contribution in [2.75, 3.05) is 7.05 Å². The van der Waals surface area contributed by atoms with Gasteiger partial charge in [-0.05, 0) is 50.1 Å². The van der Waals surface area contributed by atoms with Crippen molar-refractivity contribution >= 4 is 15.9 Å². The maximum Gasteiger partial charge on any atom is 0.0323 e. The van der Waals surface area contributed by atoms with E-state index in [1.54, 1.807) is 0 Å². The van der Waals surface area contributed by atoms with Gasteiger partial charge in [-0.15, -0.1) is 6.58 Å². The molecule has 1 unspecified atom stereocenters. The molecule has 0 aromatic heterocycles. The number of hydrogen-bond donors (Lipinski definition) is 1. The van der Waals surface area contributed by atoms with Gasteiger partial charge in [0.2, 0.25) is 0 Å². The summed E-state index contributed by atoms with van der Waals surface area (Å²) in [6.45, 7) is 5.91. The van der Waals surface area contributed by atoms with Gasteiger partial charge >= 0.3 is 0 Å². The van der Waals surface area contributed by atoms with Crippen LogP contribution >= 0.6 is 15.9 Å². The van der Waals surface area contributed by atoms with Crippen molar-refractivity contribution < 1.29 is 0 Å². The van der Waals surface area contributed by atoms with Crippen molar-refractivity contribution in [2.45, 2.75) is 25.8 Å². The lowest BCUT2D eigenvalue weighted by molar-refractivity contribution is 0.552. The molecule has 1 atom stereocenters. The van der Waals surface area contributed by atoms with Crippen LogP contribution in [0.15, 0.2) is 35.3 Å². The molecule has 0 fully saturated rings. The molecule has 0 spiro atoms. The number of halogens is 1. The van der Waals surface area contributed by atoms with E-state index in [0.29, 0.717) is 6.04 Å². The van der Waals surface area contributed by atoms with E-state index in [9.17, 15) is 0 Å². The summed E-state index contributed by atoms with van der Waals surface area (Å²) in [5.74, 6) is 0. The average molecular weight is 268 g/mol. The third-order valence-electron chi connectivity index (χ3n) is 2.62. The second-order valence-electron chi connectivity index (χ2n) is 3.71. The Labute approximate surface area is 101 Å². The zero-order valence-corrected chi connectivity index (χ0v) is 11.0.